The van der Waals surface area contributed by atoms with Crippen molar-refractivity contribution in [3.05, 3.63) is 48.1 Å². The van der Waals surface area contributed by atoms with E-state index >= 15 is 0 Å². The number of anilines is 1. The first-order valence-electron chi connectivity index (χ1n) is 23.6. The lowest BCUT2D eigenvalue weighted by Crippen LogP contribution is -2.61. The number of hydrogen-bond acceptors (Lipinski definition) is 16. The molecule has 7 amide bonds. The third-order valence-corrected chi connectivity index (χ3v) is 11.8. The van der Waals surface area contributed by atoms with Gasteiger partial charge in [0.25, 0.3) is 23.6 Å². The molecule has 0 aliphatic carbocycles. The highest BCUT2D eigenvalue weighted by Gasteiger charge is 2.49. The maximum atomic E-state index is 13.9. The van der Waals surface area contributed by atoms with Crippen LogP contribution in [-0.2, 0) is 73.4 Å². The zero-order chi connectivity index (χ0) is 51.7. The fourth-order valence-electron chi connectivity index (χ4n) is 7.87. The summed E-state index contributed by atoms with van der Waals surface area (Å²) in [5.41, 5.74) is 7.17. The number of ketones is 4. The standard InChI is InChI=1S/C49H64N6O15/c1-6-9-33(50)26-32-12-13-39-34(27-32)53-48(66)28(2)24-37(58)30(4)51-40(60)18-22-68-20-7-10-35(56)46(54-42(62)14-15-43(54)63)47(55-44(64)16-17-45(55)65)36(57)11-8-21-69-23-19-41(61)52-31(5)38(59)25-29(3)49(67)70-39/h12-17,27-31,33,46-47H,6-11,18-26,50H2,1-5H3,(H,51,60)(H,52,61)(H,53,66). The Morgan fingerprint density at radius 2 is 1.07 bits per heavy atom. The Hall–Kier alpha value is -6.58. The summed E-state index contributed by atoms with van der Waals surface area (Å²) < 4.78 is 16.8. The second-order valence-corrected chi connectivity index (χ2v) is 17.7. The molecule has 0 aromatic heterocycles. The number of ether oxygens (including phenoxy) is 3. The Labute approximate surface area is 406 Å². The second-order valence-electron chi connectivity index (χ2n) is 17.7. The van der Waals surface area contributed by atoms with Crippen LogP contribution in [0, 0.1) is 11.8 Å². The molecule has 5 N–H and O–H groups in total. The van der Waals surface area contributed by atoms with Crippen molar-refractivity contribution in [2.24, 2.45) is 17.6 Å². The molecule has 21 nitrogen and oxygen atoms in total. The lowest BCUT2D eigenvalue weighted by molar-refractivity contribution is -0.156. The molecular weight excluding hydrogens is 913 g/mol. The highest BCUT2D eigenvalue weighted by molar-refractivity contribution is 6.19. The Bertz CT molecular complexity index is 2220. The van der Waals surface area contributed by atoms with Crippen LogP contribution in [0.1, 0.15) is 104 Å². The van der Waals surface area contributed by atoms with E-state index in [2.05, 4.69) is 16.0 Å². The molecular formula is C49H64N6O15. The highest BCUT2D eigenvalue weighted by atomic mass is 16.5. The number of Topliss-reactive ketones (excluding diaryl/α,β-unsaturated/α-hetero) is 4. The number of amides is 7. The van der Waals surface area contributed by atoms with Crippen molar-refractivity contribution in [3.8, 4) is 5.75 Å². The minimum atomic E-state index is -1.89. The Balaban J connectivity index is 1.52. The molecule has 0 radical (unpaired) electrons. The number of fused-ring (bicyclic) bond motifs is 1. The predicted octanol–water partition coefficient (Wildman–Crippen LogP) is 1.51. The summed E-state index contributed by atoms with van der Waals surface area (Å²) in [6.45, 7) is 7.40. The van der Waals surface area contributed by atoms with Crippen LogP contribution in [-0.4, -0.2) is 137 Å². The number of hydrogen-bond donors (Lipinski definition) is 4. The van der Waals surface area contributed by atoms with Crippen LogP contribution in [0.2, 0.25) is 0 Å². The molecule has 1 aromatic carbocycles. The summed E-state index contributed by atoms with van der Waals surface area (Å²) in [7, 11) is 0. The summed E-state index contributed by atoms with van der Waals surface area (Å²) >= 11 is 0. The minimum absolute atomic E-state index is 0.00737. The predicted molar refractivity (Wildman–Crippen MR) is 249 cm³/mol. The van der Waals surface area contributed by atoms with Gasteiger partial charge < -0.3 is 35.9 Å². The molecule has 7 atom stereocenters. The maximum absolute atomic E-state index is 13.9. The van der Waals surface area contributed by atoms with Gasteiger partial charge in [-0.2, -0.15) is 0 Å². The van der Waals surface area contributed by atoms with Gasteiger partial charge in [-0.15, -0.1) is 0 Å². The lowest BCUT2D eigenvalue weighted by atomic mass is 9.91. The molecule has 0 saturated heterocycles. The average Bonchev–Trinajstić information content (AvgIpc) is 3.81. The van der Waals surface area contributed by atoms with Crippen LogP contribution in [0.4, 0.5) is 5.69 Å². The molecule has 3 aliphatic heterocycles. The van der Waals surface area contributed by atoms with Crippen molar-refractivity contribution in [2.45, 2.75) is 135 Å². The summed E-state index contributed by atoms with van der Waals surface area (Å²) in [4.78, 5) is 160. The molecule has 7 unspecified atom stereocenters. The molecule has 3 aliphatic rings. The van der Waals surface area contributed by atoms with Crippen molar-refractivity contribution in [1.82, 2.24) is 20.4 Å². The van der Waals surface area contributed by atoms with E-state index in [9.17, 15) is 57.5 Å². The van der Waals surface area contributed by atoms with E-state index in [1.165, 1.54) is 33.8 Å². The van der Waals surface area contributed by atoms with Gasteiger partial charge in [0.1, 0.15) is 12.1 Å². The van der Waals surface area contributed by atoms with Gasteiger partial charge in [-0.25, -0.2) is 0 Å². The number of esters is 1. The molecule has 380 valence electrons. The van der Waals surface area contributed by atoms with E-state index in [4.69, 9.17) is 19.9 Å². The number of nitrogens with two attached hydrogens (primary N) is 1. The van der Waals surface area contributed by atoms with E-state index in [0.717, 1.165) is 42.7 Å². The second kappa shape index (κ2) is 27.0. The first kappa shape index (κ1) is 56.0. The number of carbonyl (C=O) groups is 12. The van der Waals surface area contributed by atoms with Crippen LogP contribution < -0.4 is 26.4 Å². The smallest absolute Gasteiger partial charge is 0.314 e. The largest absolute Gasteiger partial charge is 0.424 e. The van der Waals surface area contributed by atoms with Gasteiger partial charge in [-0.05, 0) is 57.2 Å². The number of rotatable bonds is 6. The molecule has 0 fully saturated rings. The monoisotopic (exact) mass is 976 g/mol. The van der Waals surface area contributed by atoms with Gasteiger partial charge in [0.2, 0.25) is 17.7 Å². The van der Waals surface area contributed by atoms with Crippen LogP contribution in [0.3, 0.4) is 0 Å². The molecule has 21 heteroatoms. The SMILES string of the molecule is CCCC(N)Cc1ccc2c(c1)NC(=O)C(C)CC(=O)C(C)NC(=O)CCOCCCC(=O)C(N1C(=O)C=CC1=O)C(N1C(=O)C=CC1=O)C(=O)CCCOCCC(=O)NC(C)C(=O)CC(C)C(=O)O2. The Morgan fingerprint density at radius 1 is 0.614 bits per heavy atom. The zero-order valence-electron chi connectivity index (χ0n) is 40.3. The molecule has 3 heterocycles. The van der Waals surface area contributed by atoms with Crippen molar-refractivity contribution in [2.75, 3.05) is 31.7 Å². The molecule has 0 bridgehead atoms. The van der Waals surface area contributed by atoms with E-state index in [0.29, 0.717) is 16.2 Å². The fraction of sp³-hybridized carbons (Fsp3) is 0.551. The summed E-state index contributed by atoms with van der Waals surface area (Å²) in [6, 6.07) is -1.13. The zero-order valence-corrected chi connectivity index (χ0v) is 40.3. The topological polar surface area (TPSA) is 301 Å². The van der Waals surface area contributed by atoms with E-state index < -0.39 is 106 Å². The van der Waals surface area contributed by atoms with E-state index in [1.54, 1.807) is 12.1 Å². The molecule has 0 saturated carbocycles. The maximum Gasteiger partial charge on any atom is 0.314 e. The number of carbonyl (C=O) groups excluding carboxylic acids is 12. The van der Waals surface area contributed by atoms with Gasteiger partial charge in [0, 0.05) is 88.0 Å². The van der Waals surface area contributed by atoms with Crippen molar-refractivity contribution in [1.29, 1.82) is 0 Å². The summed E-state index contributed by atoms with van der Waals surface area (Å²) in [6.07, 6.45) is 3.85. The van der Waals surface area contributed by atoms with Crippen LogP contribution in [0.15, 0.2) is 42.5 Å². The lowest BCUT2D eigenvalue weighted by Gasteiger charge is -2.35. The molecule has 4 rings (SSSR count). The number of nitrogens with one attached hydrogen (secondary N) is 3. The molecule has 1 aromatic rings. The number of imide groups is 2. The average molecular weight is 977 g/mol. The van der Waals surface area contributed by atoms with Crippen molar-refractivity contribution in [3.63, 3.8) is 0 Å². The van der Waals surface area contributed by atoms with Gasteiger partial charge in [0.15, 0.2) is 28.9 Å². The van der Waals surface area contributed by atoms with Crippen LogP contribution >= 0.6 is 0 Å². The number of nitrogens with zero attached hydrogens (tertiary/aromatic N) is 2. The van der Waals surface area contributed by atoms with Crippen molar-refractivity contribution >= 4 is 76.1 Å². The Kier molecular flexibility index (Phi) is 21.6. The molecule has 70 heavy (non-hydrogen) atoms. The van der Waals surface area contributed by atoms with Crippen LogP contribution in [0.25, 0.3) is 0 Å². The third kappa shape index (κ3) is 16.3. The third-order valence-electron chi connectivity index (χ3n) is 11.8. The first-order chi connectivity index (χ1) is 33.2. The number of benzene rings is 1. The fourth-order valence-corrected chi connectivity index (χ4v) is 7.87. The first-order valence-corrected chi connectivity index (χ1v) is 23.6. The van der Waals surface area contributed by atoms with Gasteiger partial charge in [-0.1, -0.05) is 33.3 Å². The quantitative estimate of drug-likeness (QED) is 0.178. The normalized spacial score (nSPS) is 26.1. The minimum Gasteiger partial charge on any atom is -0.424 e. The summed E-state index contributed by atoms with van der Waals surface area (Å²) in [5.74, 6) is -10.7. The highest BCUT2D eigenvalue weighted by Crippen LogP contribution is 2.29. The Morgan fingerprint density at radius 3 is 1.53 bits per heavy atom. The van der Waals surface area contributed by atoms with E-state index in [-0.39, 0.29) is 95.3 Å². The summed E-state index contributed by atoms with van der Waals surface area (Å²) in [5, 5.41) is 7.89. The van der Waals surface area contributed by atoms with Crippen LogP contribution in [0.5, 0.6) is 5.75 Å². The van der Waals surface area contributed by atoms with Gasteiger partial charge >= 0.3 is 5.97 Å². The van der Waals surface area contributed by atoms with Gasteiger partial charge in [-0.3, -0.25) is 67.3 Å². The van der Waals surface area contributed by atoms with Crippen molar-refractivity contribution < 1.29 is 71.7 Å². The van der Waals surface area contributed by atoms with E-state index in [1.807, 2.05) is 6.92 Å². The van der Waals surface area contributed by atoms with Gasteiger partial charge in [0.05, 0.1) is 36.9 Å². The molecule has 0 spiro atoms.